The van der Waals surface area contributed by atoms with E-state index in [1.165, 1.54) is 30.5 Å². The minimum atomic E-state index is -0.706. The molecule has 5 rings (SSSR count). The third-order valence-electron chi connectivity index (χ3n) is 7.18. The normalized spacial score (nSPS) is 23.2. The molecule has 2 unspecified atom stereocenters. The molecule has 2 aromatic carbocycles. The van der Waals surface area contributed by atoms with Crippen molar-refractivity contribution in [1.82, 2.24) is 9.97 Å². The van der Waals surface area contributed by atoms with Gasteiger partial charge >= 0.3 is 0 Å². The molecule has 0 amide bonds. The van der Waals surface area contributed by atoms with Crippen LogP contribution < -0.4 is 15.1 Å². The number of hydrogen-bond donors (Lipinski definition) is 1. The molecular formula is C28H33N5O2. The number of ether oxygens (including phenoxy) is 1. The van der Waals surface area contributed by atoms with Gasteiger partial charge in [0.1, 0.15) is 5.82 Å². The van der Waals surface area contributed by atoms with Crippen LogP contribution in [-0.2, 0) is 15.1 Å². The molecule has 35 heavy (non-hydrogen) atoms. The SMILES string of the molecule is C[C@H](Nc1nccc(N2C(C=O)OCC2(C)c2ccccc2)n1)c1ccc(N2CCCCC2)cc1. The summed E-state index contributed by atoms with van der Waals surface area (Å²) in [5.74, 6) is 1.16. The van der Waals surface area contributed by atoms with E-state index in [-0.39, 0.29) is 6.04 Å². The molecule has 0 bridgehead atoms. The number of piperidine rings is 1. The zero-order valence-corrected chi connectivity index (χ0v) is 20.4. The van der Waals surface area contributed by atoms with E-state index in [2.05, 4.69) is 65.4 Å². The molecule has 182 valence electrons. The van der Waals surface area contributed by atoms with E-state index in [9.17, 15) is 4.79 Å². The van der Waals surface area contributed by atoms with Crippen molar-refractivity contribution in [1.29, 1.82) is 0 Å². The standard InChI is InChI=1S/C28H33N5O2/c1-21(22-11-13-24(14-12-22)32-17-7-4-8-18-32)30-27-29-16-15-25(31-27)33-26(19-34)35-20-28(33,2)23-9-5-3-6-10-23/h3,5-6,9-16,19,21,26H,4,7-8,17-18,20H2,1-2H3,(H,29,30,31)/t21-,26?,28?/m0/s1. The number of aldehydes is 1. The lowest BCUT2D eigenvalue weighted by atomic mass is 9.91. The summed E-state index contributed by atoms with van der Waals surface area (Å²) in [5, 5.41) is 3.43. The second kappa shape index (κ2) is 10.0. The Kier molecular flexibility index (Phi) is 6.68. The van der Waals surface area contributed by atoms with Gasteiger partial charge in [0, 0.05) is 25.0 Å². The largest absolute Gasteiger partial charge is 0.372 e. The summed E-state index contributed by atoms with van der Waals surface area (Å²) in [6.07, 6.45) is 5.71. The maximum Gasteiger partial charge on any atom is 0.225 e. The first-order valence-corrected chi connectivity index (χ1v) is 12.4. The van der Waals surface area contributed by atoms with E-state index in [1.54, 1.807) is 6.20 Å². The van der Waals surface area contributed by atoms with Crippen molar-refractivity contribution in [2.45, 2.75) is 50.9 Å². The van der Waals surface area contributed by atoms with Crippen molar-refractivity contribution >= 4 is 23.7 Å². The molecule has 2 saturated heterocycles. The summed E-state index contributed by atoms with van der Waals surface area (Å²) in [7, 11) is 0. The molecule has 0 aliphatic carbocycles. The number of anilines is 3. The number of rotatable bonds is 7. The second-order valence-corrected chi connectivity index (χ2v) is 9.59. The first-order valence-electron chi connectivity index (χ1n) is 12.4. The van der Waals surface area contributed by atoms with E-state index in [4.69, 9.17) is 9.72 Å². The lowest BCUT2D eigenvalue weighted by molar-refractivity contribution is -0.115. The Bertz CT molecular complexity index is 1130. The zero-order chi connectivity index (χ0) is 24.3. The van der Waals surface area contributed by atoms with Crippen LogP contribution in [0.15, 0.2) is 66.9 Å². The molecule has 3 heterocycles. The molecule has 0 spiro atoms. The summed E-state index contributed by atoms with van der Waals surface area (Å²) >= 11 is 0. The van der Waals surface area contributed by atoms with E-state index in [0.717, 1.165) is 24.9 Å². The Labute approximate surface area is 207 Å². The minimum absolute atomic E-state index is 0.0258. The highest BCUT2D eigenvalue weighted by Gasteiger charge is 2.46. The predicted octanol–water partition coefficient (Wildman–Crippen LogP) is 4.92. The third kappa shape index (κ3) is 4.73. The van der Waals surface area contributed by atoms with Crippen molar-refractivity contribution in [3.8, 4) is 0 Å². The molecule has 0 radical (unpaired) electrons. The van der Waals surface area contributed by atoms with Crippen LogP contribution in [0.4, 0.5) is 17.5 Å². The van der Waals surface area contributed by atoms with E-state index in [1.807, 2.05) is 29.2 Å². The van der Waals surface area contributed by atoms with Gasteiger partial charge in [-0.1, -0.05) is 42.5 Å². The number of hydrogen-bond acceptors (Lipinski definition) is 7. The van der Waals surface area contributed by atoms with Gasteiger partial charge in [-0.15, -0.1) is 0 Å². The highest BCUT2D eigenvalue weighted by atomic mass is 16.5. The molecular weight excluding hydrogens is 438 g/mol. The number of nitrogens with one attached hydrogen (secondary N) is 1. The molecule has 2 aliphatic heterocycles. The fourth-order valence-corrected chi connectivity index (χ4v) is 5.13. The lowest BCUT2D eigenvalue weighted by Crippen LogP contribution is -2.45. The lowest BCUT2D eigenvalue weighted by Gasteiger charge is -2.36. The Balaban J connectivity index is 1.35. The maximum atomic E-state index is 11.9. The first kappa shape index (κ1) is 23.3. The van der Waals surface area contributed by atoms with Gasteiger partial charge in [0.15, 0.2) is 12.5 Å². The number of nitrogens with zero attached hydrogens (tertiary/aromatic N) is 4. The minimum Gasteiger partial charge on any atom is -0.372 e. The molecule has 7 heteroatoms. The average molecular weight is 472 g/mol. The average Bonchev–Trinajstić information content (AvgIpc) is 3.27. The van der Waals surface area contributed by atoms with Gasteiger partial charge in [0.05, 0.1) is 18.2 Å². The van der Waals surface area contributed by atoms with Gasteiger partial charge < -0.3 is 19.9 Å². The first-order chi connectivity index (χ1) is 17.1. The monoisotopic (exact) mass is 471 g/mol. The van der Waals surface area contributed by atoms with E-state index < -0.39 is 11.8 Å². The van der Waals surface area contributed by atoms with Crippen LogP contribution in [0.2, 0.25) is 0 Å². The van der Waals surface area contributed by atoms with Crippen LogP contribution in [0, 0.1) is 0 Å². The molecule has 3 aromatic rings. The highest BCUT2D eigenvalue weighted by molar-refractivity contribution is 5.66. The topological polar surface area (TPSA) is 70.6 Å². The molecule has 1 aromatic heterocycles. The second-order valence-electron chi connectivity index (χ2n) is 9.59. The van der Waals surface area contributed by atoms with Gasteiger partial charge in [-0.05, 0) is 62.4 Å². The van der Waals surface area contributed by atoms with E-state index >= 15 is 0 Å². The van der Waals surface area contributed by atoms with Crippen molar-refractivity contribution in [2.75, 3.05) is 34.8 Å². The van der Waals surface area contributed by atoms with Gasteiger partial charge in [-0.25, -0.2) is 4.98 Å². The highest BCUT2D eigenvalue weighted by Crippen LogP contribution is 2.39. The van der Waals surface area contributed by atoms with Crippen LogP contribution in [0.1, 0.15) is 50.3 Å². The molecule has 7 nitrogen and oxygen atoms in total. The summed E-state index contributed by atoms with van der Waals surface area (Å²) in [4.78, 5) is 25.5. The quantitative estimate of drug-likeness (QED) is 0.491. The summed E-state index contributed by atoms with van der Waals surface area (Å²) in [6, 6.07) is 20.7. The van der Waals surface area contributed by atoms with Crippen LogP contribution in [0.5, 0.6) is 0 Å². The smallest absolute Gasteiger partial charge is 0.225 e. The van der Waals surface area contributed by atoms with Gasteiger partial charge in [0.2, 0.25) is 5.95 Å². The molecule has 0 saturated carbocycles. The van der Waals surface area contributed by atoms with Crippen molar-refractivity contribution in [3.05, 3.63) is 78.0 Å². The maximum absolute atomic E-state index is 11.9. The van der Waals surface area contributed by atoms with Crippen molar-refractivity contribution in [2.24, 2.45) is 0 Å². The Morgan fingerprint density at radius 1 is 1.06 bits per heavy atom. The summed E-state index contributed by atoms with van der Waals surface area (Å²) < 4.78 is 5.86. The van der Waals surface area contributed by atoms with E-state index in [0.29, 0.717) is 18.4 Å². The van der Waals surface area contributed by atoms with Crippen LogP contribution in [0.3, 0.4) is 0 Å². The molecule has 3 atom stereocenters. The summed E-state index contributed by atoms with van der Waals surface area (Å²) in [6.45, 7) is 6.85. The Hall–Kier alpha value is -3.45. The van der Waals surface area contributed by atoms with Crippen molar-refractivity contribution in [3.63, 3.8) is 0 Å². The fourth-order valence-electron chi connectivity index (χ4n) is 5.13. The van der Waals surface area contributed by atoms with Gasteiger partial charge in [0.25, 0.3) is 0 Å². The van der Waals surface area contributed by atoms with Crippen LogP contribution in [0.25, 0.3) is 0 Å². The molecule has 2 aliphatic rings. The molecule has 2 fully saturated rings. The summed E-state index contributed by atoms with van der Waals surface area (Å²) in [5.41, 5.74) is 3.01. The number of carbonyl (C=O) groups excluding carboxylic acids is 1. The zero-order valence-electron chi connectivity index (χ0n) is 20.4. The van der Waals surface area contributed by atoms with Gasteiger partial charge in [-0.3, -0.25) is 4.79 Å². The predicted molar refractivity (Wildman–Crippen MR) is 139 cm³/mol. The molecule has 1 N–H and O–H groups in total. The van der Waals surface area contributed by atoms with Crippen LogP contribution >= 0.6 is 0 Å². The number of aromatic nitrogens is 2. The number of benzene rings is 2. The Morgan fingerprint density at radius 2 is 1.80 bits per heavy atom. The Morgan fingerprint density at radius 3 is 2.51 bits per heavy atom. The fraction of sp³-hybridized carbons (Fsp3) is 0.393. The van der Waals surface area contributed by atoms with Crippen LogP contribution in [-0.4, -0.2) is 42.2 Å². The van der Waals surface area contributed by atoms with Gasteiger partial charge in [-0.2, -0.15) is 4.98 Å². The third-order valence-corrected chi connectivity index (χ3v) is 7.18. The van der Waals surface area contributed by atoms with Crippen molar-refractivity contribution < 1.29 is 9.53 Å². The number of carbonyl (C=O) groups is 1.